The molecule has 0 radical (unpaired) electrons. The van der Waals surface area contributed by atoms with Crippen molar-refractivity contribution in [3.63, 3.8) is 0 Å². The molecule has 3 aromatic carbocycles. The van der Waals surface area contributed by atoms with Gasteiger partial charge < -0.3 is 10.1 Å². The number of benzene rings is 3. The molecule has 0 aliphatic heterocycles. The fourth-order valence-electron chi connectivity index (χ4n) is 3.80. The number of thioether (sulfide) groups is 1. The number of carbonyl (C=O) groups is 1. The van der Waals surface area contributed by atoms with E-state index < -0.39 is 0 Å². The summed E-state index contributed by atoms with van der Waals surface area (Å²) in [5, 5.41) is 4.01. The first-order valence-electron chi connectivity index (χ1n) is 11.1. The van der Waals surface area contributed by atoms with E-state index in [0.29, 0.717) is 22.6 Å². The quantitative estimate of drug-likeness (QED) is 0.302. The first kappa shape index (κ1) is 23.6. The molecule has 1 aromatic heterocycles. The van der Waals surface area contributed by atoms with Crippen molar-refractivity contribution < 1.29 is 9.53 Å². The normalized spacial score (nSPS) is 10.9. The number of nitrogens with one attached hydrogen (secondary N) is 1. The van der Waals surface area contributed by atoms with Crippen LogP contribution in [-0.2, 0) is 11.2 Å². The molecule has 34 heavy (non-hydrogen) atoms. The predicted octanol–water partition coefficient (Wildman–Crippen LogP) is 4.46. The Labute approximate surface area is 203 Å². The molecule has 0 bridgehead atoms. The lowest BCUT2D eigenvalue weighted by atomic mass is 10.1. The van der Waals surface area contributed by atoms with Gasteiger partial charge in [-0.05, 0) is 61.7 Å². The van der Waals surface area contributed by atoms with Gasteiger partial charge in [-0.15, -0.1) is 0 Å². The molecule has 0 saturated heterocycles. The van der Waals surface area contributed by atoms with Crippen molar-refractivity contribution >= 4 is 28.6 Å². The van der Waals surface area contributed by atoms with E-state index in [1.54, 1.807) is 17.7 Å². The van der Waals surface area contributed by atoms with Gasteiger partial charge in [-0.1, -0.05) is 53.7 Å². The lowest BCUT2D eigenvalue weighted by molar-refractivity contribution is -0.118. The highest BCUT2D eigenvalue weighted by Crippen LogP contribution is 2.23. The average molecular weight is 474 g/mol. The first-order chi connectivity index (χ1) is 16.5. The molecule has 7 heteroatoms. The fourth-order valence-corrected chi connectivity index (χ4v) is 4.63. The van der Waals surface area contributed by atoms with Crippen molar-refractivity contribution in [1.82, 2.24) is 14.9 Å². The van der Waals surface area contributed by atoms with Crippen LogP contribution >= 0.6 is 11.8 Å². The molecule has 6 nitrogen and oxygen atoms in total. The Morgan fingerprint density at radius 3 is 2.56 bits per heavy atom. The zero-order valence-corrected chi connectivity index (χ0v) is 20.3. The molecule has 0 unspecified atom stereocenters. The summed E-state index contributed by atoms with van der Waals surface area (Å²) < 4.78 is 6.79. The largest absolute Gasteiger partial charge is 0.497 e. The van der Waals surface area contributed by atoms with Crippen molar-refractivity contribution in [2.45, 2.75) is 25.4 Å². The highest BCUT2D eigenvalue weighted by Gasteiger charge is 2.16. The van der Waals surface area contributed by atoms with Gasteiger partial charge in [-0.2, -0.15) is 0 Å². The first-order valence-corrected chi connectivity index (χ1v) is 12.1. The molecule has 174 valence electrons. The summed E-state index contributed by atoms with van der Waals surface area (Å²) >= 11 is 1.27. The molecule has 4 rings (SSSR count). The van der Waals surface area contributed by atoms with Crippen LogP contribution in [0.25, 0.3) is 16.6 Å². The highest BCUT2D eigenvalue weighted by atomic mass is 32.2. The number of carbonyl (C=O) groups excluding carboxylic acids is 1. The van der Waals surface area contributed by atoms with Crippen LogP contribution in [0.3, 0.4) is 0 Å². The number of aromatic nitrogens is 2. The van der Waals surface area contributed by atoms with Gasteiger partial charge in [0.05, 0.1) is 29.5 Å². The van der Waals surface area contributed by atoms with Crippen LogP contribution in [0, 0.1) is 13.8 Å². The summed E-state index contributed by atoms with van der Waals surface area (Å²) in [7, 11) is 1.64. The second-order valence-corrected chi connectivity index (χ2v) is 9.02. The standard InChI is InChI=1S/C27H27N3O3S/c1-18-8-13-24(19(2)16-18)30-26(32)22-6-4-5-7-23(22)29-27(30)34-17-25(31)28-15-14-20-9-11-21(33-3)12-10-20/h4-13,16H,14-15,17H2,1-3H3,(H,28,31). The number of nitrogens with zero attached hydrogens (tertiary/aromatic N) is 2. The maximum Gasteiger partial charge on any atom is 0.266 e. The number of para-hydroxylation sites is 1. The van der Waals surface area contributed by atoms with Crippen LogP contribution in [0.2, 0.25) is 0 Å². The molecule has 1 amide bonds. The lowest BCUT2D eigenvalue weighted by Gasteiger charge is -2.15. The number of fused-ring (bicyclic) bond motifs is 1. The summed E-state index contributed by atoms with van der Waals surface area (Å²) in [6.45, 7) is 4.52. The van der Waals surface area contributed by atoms with E-state index in [2.05, 4.69) is 5.32 Å². The minimum Gasteiger partial charge on any atom is -0.497 e. The molecule has 0 fully saturated rings. The molecule has 4 aromatic rings. The number of amides is 1. The third kappa shape index (κ3) is 5.31. The molecule has 0 saturated carbocycles. The van der Waals surface area contributed by atoms with E-state index in [0.717, 1.165) is 34.5 Å². The maximum absolute atomic E-state index is 13.4. The van der Waals surface area contributed by atoms with Crippen LogP contribution in [0.4, 0.5) is 0 Å². The second-order valence-electron chi connectivity index (χ2n) is 8.08. The van der Waals surface area contributed by atoms with Crippen molar-refractivity contribution in [2.75, 3.05) is 19.4 Å². The Bertz CT molecular complexity index is 1380. The summed E-state index contributed by atoms with van der Waals surface area (Å²) in [6, 6.07) is 21.0. The maximum atomic E-state index is 13.4. The van der Waals surface area contributed by atoms with Crippen LogP contribution in [0.1, 0.15) is 16.7 Å². The van der Waals surface area contributed by atoms with Crippen LogP contribution in [-0.4, -0.2) is 34.9 Å². The number of ether oxygens (including phenoxy) is 1. The Balaban J connectivity index is 1.51. The zero-order valence-electron chi connectivity index (χ0n) is 19.5. The smallest absolute Gasteiger partial charge is 0.266 e. The van der Waals surface area contributed by atoms with E-state index in [1.165, 1.54) is 11.8 Å². The Morgan fingerprint density at radius 2 is 1.82 bits per heavy atom. The van der Waals surface area contributed by atoms with Crippen molar-refractivity contribution in [3.05, 3.63) is 93.8 Å². The number of hydrogen-bond acceptors (Lipinski definition) is 5. The van der Waals surface area contributed by atoms with E-state index in [9.17, 15) is 9.59 Å². The molecular weight excluding hydrogens is 446 g/mol. The third-order valence-corrected chi connectivity index (χ3v) is 6.50. The summed E-state index contributed by atoms with van der Waals surface area (Å²) in [5.74, 6) is 0.869. The van der Waals surface area contributed by atoms with Gasteiger partial charge in [0.15, 0.2) is 5.16 Å². The van der Waals surface area contributed by atoms with Gasteiger partial charge in [-0.3, -0.25) is 14.2 Å². The minimum atomic E-state index is -0.139. The number of rotatable bonds is 8. The fraction of sp³-hybridized carbons (Fsp3) is 0.222. The van der Waals surface area contributed by atoms with Gasteiger partial charge >= 0.3 is 0 Å². The van der Waals surface area contributed by atoms with Gasteiger partial charge in [-0.25, -0.2) is 4.98 Å². The topological polar surface area (TPSA) is 73.2 Å². The number of hydrogen-bond donors (Lipinski definition) is 1. The monoisotopic (exact) mass is 473 g/mol. The Morgan fingerprint density at radius 1 is 1.06 bits per heavy atom. The third-order valence-electron chi connectivity index (χ3n) is 5.57. The molecule has 0 aliphatic rings. The van der Waals surface area contributed by atoms with Gasteiger partial charge in [0, 0.05) is 6.54 Å². The Hall–Kier alpha value is -3.58. The molecular formula is C27H27N3O3S. The van der Waals surface area contributed by atoms with E-state index in [1.807, 2.05) is 74.5 Å². The molecule has 0 aliphatic carbocycles. The summed E-state index contributed by atoms with van der Waals surface area (Å²) in [6.07, 6.45) is 0.724. The van der Waals surface area contributed by atoms with Crippen LogP contribution in [0.5, 0.6) is 5.75 Å². The van der Waals surface area contributed by atoms with Crippen molar-refractivity contribution in [3.8, 4) is 11.4 Å². The number of aryl methyl sites for hydroxylation is 2. The predicted molar refractivity (Wildman–Crippen MR) is 137 cm³/mol. The van der Waals surface area contributed by atoms with E-state index in [-0.39, 0.29) is 17.2 Å². The highest BCUT2D eigenvalue weighted by molar-refractivity contribution is 7.99. The van der Waals surface area contributed by atoms with Gasteiger partial charge in [0.2, 0.25) is 5.91 Å². The summed E-state index contributed by atoms with van der Waals surface area (Å²) in [5.41, 5.74) is 4.47. The van der Waals surface area contributed by atoms with Gasteiger partial charge in [0.25, 0.3) is 5.56 Å². The zero-order chi connectivity index (χ0) is 24.1. The lowest BCUT2D eigenvalue weighted by Crippen LogP contribution is -2.28. The van der Waals surface area contributed by atoms with Crippen LogP contribution < -0.4 is 15.6 Å². The van der Waals surface area contributed by atoms with E-state index in [4.69, 9.17) is 9.72 Å². The van der Waals surface area contributed by atoms with Crippen LogP contribution in [0.15, 0.2) is 76.7 Å². The van der Waals surface area contributed by atoms with E-state index >= 15 is 0 Å². The van der Waals surface area contributed by atoms with Crippen molar-refractivity contribution in [2.24, 2.45) is 0 Å². The molecule has 1 heterocycles. The second kappa shape index (κ2) is 10.6. The molecule has 0 spiro atoms. The van der Waals surface area contributed by atoms with Crippen molar-refractivity contribution in [1.29, 1.82) is 0 Å². The Kier molecular flexibility index (Phi) is 7.33. The number of methoxy groups -OCH3 is 1. The average Bonchev–Trinajstić information content (AvgIpc) is 2.84. The molecule has 1 N–H and O–H groups in total. The summed E-state index contributed by atoms with van der Waals surface area (Å²) in [4.78, 5) is 30.7. The van der Waals surface area contributed by atoms with Gasteiger partial charge in [0.1, 0.15) is 5.75 Å². The SMILES string of the molecule is COc1ccc(CCNC(=O)CSc2nc3ccccc3c(=O)n2-c2ccc(C)cc2C)cc1. The molecule has 0 atom stereocenters. The minimum absolute atomic E-state index is 0.104.